The van der Waals surface area contributed by atoms with E-state index in [1.165, 1.54) is 5.56 Å². The second-order valence-corrected chi connectivity index (χ2v) is 7.88. The topological polar surface area (TPSA) is 82.2 Å². The Morgan fingerprint density at radius 1 is 1.24 bits per heavy atom. The fraction of sp³-hybridized carbons (Fsp3) is 0.381. The standard InChI is InChI=1S/C21H25BrN4O3/c1-12-6-7-18(13(2)10-12)28-11-17-16(5)29-25-20(17)21(27)23-8-9-26-15(4)19(22)14(3)24-26/h6-7,10H,8-9,11H2,1-5H3,(H,23,27). The lowest BCUT2D eigenvalue weighted by atomic mass is 10.1. The molecule has 0 unspecified atom stereocenters. The maximum atomic E-state index is 12.6. The van der Waals surface area contributed by atoms with E-state index in [4.69, 9.17) is 9.26 Å². The first kappa shape index (κ1) is 21.1. The molecule has 0 fully saturated rings. The van der Waals surface area contributed by atoms with Crippen LogP contribution in [0.4, 0.5) is 0 Å². The number of ether oxygens (including phenoxy) is 1. The second-order valence-electron chi connectivity index (χ2n) is 7.09. The molecule has 1 amide bonds. The van der Waals surface area contributed by atoms with Crippen LogP contribution in [-0.2, 0) is 13.2 Å². The normalized spacial score (nSPS) is 11.0. The van der Waals surface area contributed by atoms with Crippen LogP contribution in [0.2, 0.25) is 0 Å². The van der Waals surface area contributed by atoms with E-state index in [1.807, 2.05) is 44.5 Å². The molecule has 154 valence electrons. The molecule has 0 aliphatic heterocycles. The summed E-state index contributed by atoms with van der Waals surface area (Å²) in [7, 11) is 0. The van der Waals surface area contributed by atoms with Gasteiger partial charge in [-0.25, -0.2) is 0 Å². The highest BCUT2D eigenvalue weighted by Crippen LogP contribution is 2.22. The molecule has 1 aromatic carbocycles. The number of rotatable bonds is 7. The fourth-order valence-corrected chi connectivity index (χ4v) is 3.39. The minimum Gasteiger partial charge on any atom is -0.488 e. The summed E-state index contributed by atoms with van der Waals surface area (Å²) in [6, 6.07) is 5.98. The highest BCUT2D eigenvalue weighted by atomic mass is 79.9. The molecule has 0 bridgehead atoms. The molecular weight excluding hydrogens is 436 g/mol. The summed E-state index contributed by atoms with van der Waals surface area (Å²) in [5.74, 6) is 1.06. The van der Waals surface area contributed by atoms with Crippen LogP contribution in [0.5, 0.6) is 5.75 Å². The van der Waals surface area contributed by atoms with Crippen LogP contribution < -0.4 is 10.1 Å². The minimum absolute atomic E-state index is 0.215. The minimum atomic E-state index is -0.290. The van der Waals surface area contributed by atoms with Crippen molar-refractivity contribution in [2.45, 2.75) is 47.8 Å². The Bertz CT molecular complexity index is 1040. The van der Waals surface area contributed by atoms with Gasteiger partial charge in [0.05, 0.1) is 22.3 Å². The van der Waals surface area contributed by atoms with Crippen LogP contribution in [-0.4, -0.2) is 27.4 Å². The molecule has 0 aliphatic carbocycles. The first-order chi connectivity index (χ1) is 13.8. The van der Waals surface area contributed by atoms with Gasteiger partial charge in [-0.2, -0.15) is 5.10 Å². The van der Waals surface area contributed by atoms with Gasteiger partial charge in [0.25, 0.3) is 5.91 Å². The number of hydrogen-bond acceptors (Lipinski definition) is 5. The summed E-state index contributed by atoms with van der Waals surface area (Å²) in [5.41, 5.74) is 5.06. The van der Waals surface area contributed by atoms with Crippen LogP contribution in [0.3, 0.4) is 0 Å². The molecule has 2 aromatic heterocycles. The Labute approximate surface area is 178 Å². The van der Waals surface area contributed by atoms with Gasteiger partial charge in [0.2, 0.25) is 0 Å². The van der Waals surface area contributed by atoms with E-state index in [9.17, 15) is 4.79 Å². The molecule has 7 nitrogen and oxygen atoms in total. The molecule has 0 saturated carbocycles. The van der Waals surface area contributed by atoms with Crippen molar-refractivity contribution in [2.75, 3.05) is 6.54 Å². The number of aromatic nitrogens is 3. The molecule has 3 rings (SSSR count). The van der Waals surface area contributed by atoms with E-state index in [0.717, 1.165) is 27.2 Å². The first-order valence-corrected chi connectivity index (χ1v) is 10.2. The van der Waals surface area contributed by atoms with Crippen LogP contribution in [0.15, 0.2) is 27.2 Å². The van der Waals surface area contributed by atoms with Gasteiger partial charge in [0.1, 0.15) is 18.1 Å². The zero-order valence-corrected chi connectivity index (χ0v) is 18.9. The van der Waals surface area contributed by atoms with E-state index < -0.39 is 0 Å². The number of benzene rings is 1. The second kappa shape index (κ2) is 8.82. The Morgan fingerprint density at radius 3 is 2.66 bits per heavy atom. The summed E-state index contributed by atoms with van der Waals surface area (Å²) in [5, 5.41) is 11.3. The van der Waals surface area contributed by atoms with Gasteiger partial charge < -0.3 is 14.6 Å². The maximum absolute atomic E-state index is 12.6. The monoisotopic (exact) mass is 460 g/mol. The Kier molecular flexibility index (Phi) is 6.42. The molecule has 0 aliphatic rings. The van der Waals surface area contributed by atoms with Gasteiger partial charge in [-0.1, -0.05) is 22.9 Å². The molecule has 2 heterocycles. The first-order valence-electron chi connectivity index (χ1n) is 9.40. The largest absolute Gasteiger partial charge is 0.488 e. The highest BCUT2D eigenvalue weighted by Gasteiger charge is 2.20. The molecule has 1 N–H and O–H groups in total. The number of aryl methyl sites for hydroxylation is 4. The lowest BCUT2D eigenvalue weighted by Crippen LogP contribution is -2.29. The Morgan fingerprint density at radius 2 is 2.00 bits per heavy atom. The predicted octanol–water partition coefficient (Wildman–Crippen LogP) is 4.18. The van der Waals surface area contributed by atoms with Crippen LogP contribution in [0.25, 0.3) is 0 Å². The summed E-state index contributed by atoms with van der Waals surface area (Å²) in [6.45, 7) is 10.9. The molecule has 8 heteroatoms. The van der Waals surface area contributed by atoms with Crippen molar-refractivity contribution >= 4 is 21.8 Å². The van der Waals surface area contributed by atoms with E-state index in [-0.39, 0.29) is 18.2 Å². The zero-order valence-electron chi connectivity index (χ0n) is 17.3. The summed E-state index contributed by atoms with van der Waals surface area (Å²) in [6.07, 6.45) is 0. The number of halogens is 1. The molecule has 29 heavy (non-hydrogen) atoms. The molecular formula is C21H25BrN4O3. The smallest absolute Gasteiger partial charge is 0.273 e. The molecule has 0 spiro atoms. The molecule has 0 atom stereocenters. The van der Waals surface area contributed by atoms with Gasteiger partial charge >= 0.3 is 0 Å². The third-order valence-electron chi connectivity index (χ3n) is 4.80. The van der Waals surface area contributed by atoms with Crippen LogP contribution >= 0.6 is 15.9 Å². The fourth-order valence-electron chi connectivity index (χ4n) is 3.10. The molecule has 0 saturated heterocycles. The van der Waals surface area contributed by atoms with Crippen molar-refractivity contribution in [3.05, 3.63) is 62.2 Å². The average molecular weight is 461 g/mol. The molecule has 3 aromatic rings. The highest BCUT2D eigenvalue weighted by molar-refractivity contribution is 9.10. The van der Waals surface area contributed by atoms with Crippen molar-refractivity contribution in [3.8, 4) is 5.75 Å². The maximum Gasteiger partial charge on any atom is 0.273 e. The number of amides is 1. The van der Waals surface area contributed by atoms with Crippen LogP contribution in [0.1, 0.15) is 44.3 Å². The number of hydrogen-bond donors (Lipinski definition) is 1. The van der Waals surface area contributed by atoms with Gasteiger partial charge in [-0.05, 0) is 62.2 Å². The quantitative estimate of drug-likeness (QED) is 0.571. The van der Waals surface area contributed by atoms with Gasteiger partial charge in [0, 0.05) is 12.2 Å². The lowest BCUT2D eigenvalue weighted by molar-refractivity contribution is 0.0940. The summed E-state index contributed by atoms with van der Waals surface area (Å²) < 4.78 is 14.0. The van der Waals surface area contributed by atoms with Crippen molar-refractivity contribution in [3.63, 3.8) is 0 Å². The van der Waals surface area contributed by atoms with E-state index in [0.29, 0.717) is 24.4 Å². The summed E-state index contributed by atoms with van der Waals surface area (Å²) in [4.78, 5) is 12.6. The Hall–Kier alpha value is -2.61. The Balaban J connectivity index is 1.63. The third-order valence-corrected chi connectivity index (χ3v) is 5.95. The summed E-state index contributed by atoms with van der Waals surface area (Å²) >= 11 is 3.51. The van der Waals surface area contributed by atoms with E-state index in [2.05, 4.69) is 37.6 Å². The van der Waals surface area contributed by atoms with Crippen LogP contribution in [0, 0.1) is 34.6 Å². The predicted molar refractivity (Wildman–Crippen MR) is 113 cm³/mol. The van der Waals surface area contributed by atoms with Crippen molar-refractivity contribution in [1.29, 1.82) is 0 Å². The number of nitrogens with one attached hydrogen (secondary N) is 1. The molecule has 0 radical (unpaired) electrons. The number of carbonyl (C=O) groups excluding carboxylic acids is 1. The van der Waals surface area contributed by atoms with Crippen molar-refractivity contribution < 1.29 is 14.1 Å². The number of nitrogens with zero attached hydrogens (tertiary/aromatic N) is 3. The van der Waals surface area contributed by atoms with E-state index in [1.54, 1.807) is 6.92 Å². The van der Waals surface area contributed by atoms with Gasteiger partial charge in [-0.15, -0.1) is 0 Å². The SMILES string of the molecule is Cc1ccc(OCc2c(C(=O)NCCn3nc(C)c(Br)c3C)noc2C)c(C)c1. The average Bonchev–Trinajstić information content (AvgIpc) is 3.16. The third kappa shape index (κ3) is 4.70. The van der Waals surface area contributed by atoms with Crippen molar-refractivity contribution in [2.24, 2.45) is 0 Å². The number of carbonyl (C=O) groups is 1. The van der Waals surface area contributed by atoms with Crippen molar-refractivity contribution in [1.82, 2.24) is 20.3 Å². The lowest BCUT2D eigenvalue weighted by Gasteiger charge is -2.10. The zero-order chi connectivity index (χ0) is 21.1. The van der Waals surface area contributed by atoms with Gasteiger partial charge in [0.15, 0.2) is 5.69 Å². The van der Waals surface area contributed by atoms with Gasteiger partial charge in [-0.3, -0.25) is 9.48 Å². The van der Waals surface area contributed by atoms with E-state index >= 15 is 0 Å².